The predicted molar refractivity (Wildman–Crippen MR) is 66.4 cm³/mol. The lowest BCUT2D eigenvalue weighted by atomic mass is 10.1. The molecule has 1 atom stereocenters. The average molecular weight is 257 g/mol. The van der Waals surface area contributed by atoms with E-state index in [2.05, 4.69) is 4.74 Å². The van der Waals surface area contributed by atoms with Crippen LogP contribution in [0.2, 0.25) is 0 Å². The Labute approximate surface area is 105 Å². The van der Waals surface area contributed by atoms with Gasteiger partial charge in [0.1, 0.15) is 5.82 Å². The van der Waals surface area contributed by atoms with Crippen LogP contribution in [0, 0.1) is 5.82 Å². The Morgan fingerprint density at radius 1 is 1.59 bits per heavy atom. The summed E-state index contributed by atoms with van der Waals surface area (Å²) in [5, 5.41) is 0. The van der Waals surface area contributed by atoms with Crippen molar-refractivity contribution in [2.75, 3.05) is 12.9 Å². The smallest absolute Gasteiger partial charge is 0.306 e. The van der Waals surface area contributed by atoms with E-state index < -0.39 is 0 Å². The molecule has 1 aromatic rings. The summed E-state index contributed by atoms with van der Waals surface area (Å²) in [6.07, 6.45) is 0.273. The Hall–Kier alpha value is -1.07. The molecule has 0 bridgehead atoms. The summed E-state index contributed by atoms with van der Waals surface area (Å²) in [4.78, 5) is 11.4. The molecule has 1 rings (SSSR count). The van der Waals surface area contributed by atoms with Crippen LogP contribution in [0.25, 0.3) is 0 Å². The number of hydrogen-bond donors (Lipinski definition) is 1. The molecular formula is C12H16FNO2S. The van der Waals surface area contributed by atoms with E-state index in [1.807, 2.05) is 0 Å². The molecule has 0 spiro atoms. The van der Waals surface area contributed by atoms with Crippen molar-refractivity contribution < 1.29 is 13.9 Å². The Morgan fingerprint density at radius 3 is 2.82 bits per heavy atom. The van der Waals surface area contributed by atoms with Gasteiger partial charge in [0, 0.05) is 16.7 Å². The molecule has 3 nitrogen and oxygen atoms in total. The van der Waals surface area contributed by atoms with Crippen LogP contribution in [0.3, 0.4) is 0 Å². The van der Waals surface area contributed by atoms with Crippen molar-refractivity contribution in [3.8, 4) is 0 Å². The molecule has 17 heavy (non-hydrogen) atoms. The minimum Gasteiger partial charge on any atom is -0.469 e. The van der Waals surface area contributed by atoms with Crippen LogP contribution in [0.1, 0.15) is 24.9 Å². The first-order valence-electron chi connectivity index (χ1n) is 5.29. The van der Waals surface area contributed by atoms with Crippen LogP contribution in [0.15, 0.2) is 23.1 Å². The van der Waals surface area contributed by atoms with Crippen LogP contribution in [0.4, 0.5) is 4.39 Å². The number of thioether (sulfide) groups is 1. The van der Waals surface area contributed by atoms with Crippen LogP contribution >= 0.6 is 11.8 Å². The van der Waals surface area contributed by atoms with Crippen molar-refractivity contribution in [3.05, 3.63) is 29.6 Å². The monoisotopic (exact) mass is 257 g/mol. The number of halogens is 1. The van der Waals surface area contributed by atoms with Crippen LogP contribution < -0.4 is 5.73 Å². The van der Waals surface area contributed by atoms with Gasteiger partial charge in [-0.2, -0.15) is 0 Å². The highest BCUT2D eigenvalue weighted by molar-refractivity contribution is 7.99. The molecule has 0 aromatic heterocycles. The molecule has 0 aliphatic heterocycles. The fourth-order valence-electron chi connectivity index (χ4n) is 1.26. The number of rotatable bonds is 5. The topological polar surface area (TPSA) is 52.3 Å². The average Bonchev–Trinajstić information content (AvgIpc) is 2.30. The molecule has 1 unspecified atom stereocenters. The Bertz CT molecular complexity index is 396. The minimum atomic E-state index is -0.297. The van der Waals surface area contributed by atoms with Gasteiger partial charge in [0.05, 0.1) is 13.5 Å². The first-order valence-corrected chi connectivity index (χ1v) is 6.27. The van der Waals surface area contributed by atoms with E-state index in [4.69, 9.17) is 5.73 Å². The van der Waals surface area contributed by atoms with Gasteiger partial charge in [-0.15, -0.1) is 11.8 Å². The molecule has 5 heteroatoms. The van der Waals surface area contributed by atoms with Gasteiger partial charge in [0.15, 0.2) is 0 Å². The number of carbonyl (C=O) groups excluding carboxylic acids is 1. The van der Waals surface area contributed by atoms with Gasteiger partial charge in [-0.05, 0) is 24.6 Å². The fraction of sp³-hybridized carbons (Fsp3) is 0.417. The zero-order valence-electron chi connectivity index (χ0n) is 9.90. The fourth-order valence-corrected chi connectivity index (χ4v) is 2.11. The molecule has 0 aliphatic carbocycles. The molecular weight excluding hydrogens is 241 g/mol. The second kappa shape index (κ2) is 6.61. The normalized spacial score (nSPS) is 12.2. The van der Waals surface area contributed by atoms with E-state index in [0.717, 1.165) is 5.56 Å². The van der Waals surface area contributed by atoms with Crippen molar-refractivity contribution in [1.29, 1.82) is 0 Å². The molecule has 0 heterocycles. The van der Waals surface area contributed by atoms with Gasteiger partial charge in [0.2, 0.25) is 0 Å². The van der Waals surface area contributed by atoms with Crippen molar-refractivity contribution >= 4 is 17.7 Å². The quantitative estimate of drug-likeness (QED) is 0.650. The van der Waals surface area contributed by atoms with Crippen molar-refractivity contribution in [2.24, 2.45) is 5.73 Å². The highest BCUT2D eigenvalue weighted by atomic mass is 32.2. The Balaban J connectivity index is 2.57. The first-order chi connectivity index (χ1) is 8.04. The van der Waals surface area contributed by atoms with E-state index in [1.54, 1.807) is 19.1 Å². The lowest BCUT2D eigenvalue weighted by Crippen LogP contribution is -2.05. The van der Waals surface area contributed by atoms with E-state index in [-0.39, 0.29) is 24.2 Å². The molecule has 94 valence electrons. The molecule has 1 aromatic carbocycles. The third-order valence-electron chi connectivity index (χ3n) is 2.27. The number of methoxy groups -OCH3 is 1. The highest BCUT2D eigenvalue weighted by Crippen LogP contribution is 2.24. The van der Waals surface area contributed by atoms with Gasteiger partial charge >= 0.3 is 5.97 Å². The maximum absolute atomic E-state index is 13.6. The number of esters is 1. The van der Waals surface area contributed by atoms with Gasteiger partial charge in [0.25, 0.3) is 0 Å². The summed E-state index contributed by atoms with van der Waals surface area (Å²) in [6, 6.07) is 4.74. The molecule has 0 saturated carbocycles. The lowest BCUT2D eigenvalue weighted by Gasteiger charge is -2.08. The van der Waals surface area contributed by atoms with Gasteiger partial charge in [-0.1, -0.05) is 6.07 Å². The minimum absolute atomic E-state index is 0.182. The summed E-state index contributed by atoms with van der Waals surface area (Å²) in [5.41, 5.74) is 6.42. The van der Waals surface area contributed by atoms with E-state index in [1.165, 1.54) is 24.9 Å². The molecule has 0 aliphatic rings. The third-order valence-corrected chi connectivity index (χ3v) is 3.32. The summed E-state index contributed by atoms with van der Waals surface area (Å²) in [7, 11) is 1.34. The van der Waals surface area contributed by atoms with Crippen LogP contribution in [-0.2, 0) is 9.53 Å². The Morgan fingerprint density at radius 2 is 2.29 bits per heavy atom. The lowest BCUT2D eigenvalue weighted by molar-refractivity contribution is -0.140. The SMILES string of the molecule is COC(=O)CCSc1ccc(C(C)N)cc1F. The van der Waals surface area contributed by atoms with Gasteiger partial charge in [-0.25, -0.2) is 4.39 Å². The zero-order valence-corrected chi connectivity index (χ0v) is 10.7. The summed E-state index contributed by atoms with van der Waals surface area (Å²) < 4.78 is 18.1. The molecule has 2 N–H and O–H groups in total. The summed E-state index contributed by atoms with van der Waals surface area (Å²) in [6.45, 7) is 1.80. The molecule has 0 saturated heterocycles. The van der Waals surface area contributed by atoms with Crippen molar-refractivity contribution in [1.82, 2.24) is 0 Å². The second-order valence-corrected chi connectivity index (χ2v) is 4.79. The first kappa shape index (κ1) is 14.0. The van der Waals surface area contributed by atoms with Gasteiger partial charge < -0.3 is 10.5 Å². The molecule has 0 fully saturated rings. The maximum Gasteiger partial charge on any atom is 0.306 e. The molecule has 0 radical (unpaired) electrons. The Kier molecular flexibility index (Phi) is 5.44. The van der Waals surface area contributed by atoms with Gasteiger partial charge in [-0.3, -0.25) is 4.79 Å². The second-order valence-electron chi connectivity index (χ2n) is 3.65. The standard InChI is InChI=1S/C12H16FNO2S/c1-8(14)9-3-4-11(10(13)7-9)17-6-5-12(15)16-2/h3-4,7-8H,5-6,14H2,1-2H3. The maximum atomic E-state index is 13.6. The largest absolute Gasteiger partial charge is 0.469 e. The van der Waals surface area contributed by atoms with Crippen LogP contribution in [0.5, 0.6) is 0 Å². The van der Waals surface area contributed by atoms with Crippen molar-refractivity contribution in [2.45, 2.75) is 24.3 Å². The zero-order chi connectivity index (χ0) is 12.8. The molecule has 0 amide bonds. The number of hydrogen-bond acceptors (Lipinski definition) is 4. The number of ether oxygens (including phenoxy) is 1. The predicted octanol–water partition coefficient (Wildman–Crippen LogP) is 2.50. The third kappa shape index (κ3) is 4.36. The van der Waals surface area contributed by atoms with Crippen molar-refractivity contribution in [3.63, 3.8) is 0 Å². The van der Waals surface area contributed by atoms with E-state index in [0.29, 0.717) is 10.6 Å². The highest BCUT2D eigenvalue weighted by Gasteiger charge is 2.08. The summed E-state index contributed by atoms with van der Waals surface area (Å²) in [5.74, 6) is -0.0824. The summed E-state index contributed by atoms with van der Waals surface area (Å²) >= 11 is 1.29. The van der Waals surface area contributed by atoms with Crippen LogP contribution in [-0.4, -0.2) is 18.8 Å². The van der Waals surface area contributed by atoms with E-state index in [9.17, 15) is 9.18 Å². The number of nitrogens with two attached hydrogens (primary N) is 1. The number of benzene rings is 1. The van der Waals surface area contributed by atoms with E-state index >= 15 is 0 Å². The number of carbonyl (C=O) groups is 1.